The number of nitrogens with one attached hydrogen (secondary N) is 1. The van der Waals surface area contributed by atoms with Crippen LogP contribution in [0.5, 0.6) is 0 Å². The summed E-state index contributed by atoms with van der Waals surface area (Å²) in [4.78, 5) is 27.7. The van der Waals surface area contributed by atoms with Gasteiger partial charge in [-0.1, -0.05) is 11.6 Å². The van der Waals surface area contributed by atoms with Gasteiger partial charge in [0.15, 0.2) is 0 Å². The van der Waals surface area contributed by atoms with Crippen molar-refractivity contribution in [1.29, 1.82) is 0 Å². The van der Waals surface area contributed by atoms with E-state index in [4.69, 9.17) is 16.7 Å². The van der Waals surface area contributed by atoms with Gasteiger partial charge in [-0.05, 0) is 31.0 Å². The number of pyridine rings is 2. The van der Waals surface area contributed by atoms with E-state index in [1.165, 1.54) is 18.3 Å². The van der Waals surface area contributed by atoms with E-state index < -0.39 is 5.97 Å². The maximum absolute atomic E-state index is 12.6. The summed E-state index contributed by atoms with van der Waals surface area (Å²) in [6.07, 6.45) is 2.34. The molecular weight excluding hydrogens is 330 g/mol. The van der Waals surface area contributed by atoms with Gasteiger partial charge in [0.1, 0.15) is 0 Å². The summed E-state index contributed by atoms with van der Waals surface area (Å²) in [5.74, 6) is -0.278. The topological polar surface area (TPSA) is 84.2 Å². The Morgan fingerprint density at radius 2 is 2.17 bits per heavy atom. The molecule has 24 heavy (non-hydrogen) atoms. The zero-order valence-corrected chi connectivity index (χ0v) is 13.6. The minimum Gasteiger partial charge on any atom is -0.478 e. The first kappa shape index (κ1) is 15.4. The van der Waals surface area contributed by atoms with Crippen LogP contribution in [0.1, 0.15) is 28.4 Å². The van der Waals surface area contributed by atoms with Crippen LogP contribution in [0.25, 0.3) is 11.3 Å². The largest absolute Gasteiger partial charge is 0.478 e. The van der Waals surface area contributed by atoms with Gasteiger partial charge in [0.25, 0.3) is 5.56 Å². The molecule has 2 aliphatic rings. The van der Waals surface area contributed by atoms with Crippen molar-refractivity contribution in [3.63, 3.8) is 0 Å². The van der Waals surface area contributed by atoms with E-state index in [0.29, 0.717) is 23.1 Å². The number of rotatable bonds is 2. The van der Waals surface area contributed by atoms with E-state index in [9.17, 15) is 9.59 Å². The number of carbonyl (C=O) groups is 1. The van der Waals surface area contributed by atoms with E-state index in [1.54, 1.807) is 0 Å². The fourth-order valence-corrected chi connectivity index (χ4v) is 3.98. The standard InChI is InChI=1S/C17H16ClN3O3/c18-13-2-12(17(23)24)7-20-16(13)10-3-14-11-1-9(5-19-6-11)8-21(14)15(22)4-10/h2-4,7,9,11,19H,1,5-6,8H2,(H,23,24)/t9-,11+/m0/s1. The van der Waals surface area contributed by atoms with Crippen molar-refractivity contribution in [3.8, 4) is 11.3 Å². The number of aromatic nitrogens is 2. The van der Waals surface area contributed by atoms with Crippen molar-refractivity contribution >= 4 is 17.6 Å². The Morgan fingerprint density at radius 3 is 2.92 bits per heavy atom. The summed E-state index contributed by atoms with van der Waals surface area (Å²) in [5, 5.41) is 12.7. The third-order valence-corrected chi connectivity index (χ3v) is 5.11. The number of fused-ring (bicyclic) bond motifs is 4. The van der Waals surface area contributed by atoms with Gasteiger partial charge in [-0.25, -0.2) is 4.79 Å². The lowest BCUT2D eigenvalue weighted by molar-refractivity contribution is 0.0696. The Kier molecular flexibility index (Phi) is 3.66. The molecule has 124 valence electrons. The molecule has 1 fully saturated rings. The molecule has 2 aliphatic heterocycles. The number of carboxylic acid groups (broad SMARTS) is 1. The van der Waals surface area contributed by atoms with Crippen LogP contribution in [0.4, 0.5) is 0 Å². The first-order chi connectivity index (χ1) is 11.5. The summed E-state index contributed by atoms with van der Waals surface area (Å²) < 4.78 is 1.85. The molecule has 2 bridgehead atoms. The number of carboxylic acids is 1. The monoisotopic (exact) mass is 345 g/mol. The average molecular weight is 346 g/mol. The van der Waals surface area contributed by atoms with Gasteiger partial charge < -0.3 is 15.0 Å². The zero-order chi connectivity index (χ0) is 16.8. The SMILES string of the molecule is O=C(O)c1cnc(-c2cc3n(c(=O)c2)C[C@@H]2CNC[C@H]3C2)c(Cl)c1. The molecule has 0 saturated carbocycles. The Balaban J connectivity index is 1.82. The fraction of sp³-hybridized carbons (Fsp3) is 0.353. The molecule has 0 unspecified atom stereocenters. The highest BCUT2D eigenvalue weighted by atomic mass is 35.5. The highest BCUT2D eigenvalue weighted by Crippen LogP contribution is 2.34. The normalized spacial score (nSPS) is 22.0. The molecule has 0 amide bonds. The molecule has 4 heterocycles. The van der Waals surface area contributed by atoms with E-state index in [0.717, 1.165) is 31.7 Å². The third-order valence-electron chi connectivity index (χ3n) is 4.82. The van der Waals surface area contributed by atoms with Crippen LogP contribution in [-0.4, -0.2) is 33.7 Å². The average Bonchev–Trinajstić information content (AvgIpc) is 2.56. The maximum Gasteiger partial charge on any atom is 0.337 e. The van der Waals surface area contributed by atoms with Crippen LogP contribution in [0.3, 0.4) is 0 Å². The van der Waals surface area contributed by atoms with Gasteiger partial charge in [0.2, 0.25) is 0 Å². The summed E-state index contributed by atoms with van der Waals surface area (Å²) in [7, 11) is 0. The zero-order valence-electron chi connectivity index (χ0n) is 12.8. The van der Waals surface area contributed by atoms with Crippen molar-refractivity contribution in [3.05, 3.63) is 51.0 Å². The number of nitrogens with zero attached hydrogens (tertiary/aromatic N) is 2. The minimum absolute atomic E-state index is 0.0257. The predicted molar refractivity (Wildman–Crippen MR) is 89.6 cm³/mol. The molecule has 2 aromatic rings. The van der Waals surface area contributed by atoms with Crippen molar-refractivity contribution in [2.24, 2.45) is 5.92 Å². The first-order valence-electron chi connectivity index (χ1n) is 7.87. The van der Waals surface area contributed by atoms with E-state index in [-0.39, 0.29) is 16.1 Å². The molecule has 4 rings (SSSR count). The van der Waals surface area contributed by atoms with Crippen LogP contribution in [0.15, 0.2) is 29.2 Å². The summed E-state index contributed by atoms with van der Waals surface area (Å²) in [6.45, 7) is 2.55. The lowest BCUT2D eigenvalue weighted by Gasteiger charge is -2.37. The van der Waals surface area contributed by atoms with Gasteiger partial charge in [0, 0.05) is 42.5 Å². The number of hydrogen-bond donors (Lipinski definition) is 2. The third kappa shape index (κ3) is 2.52. The smallest absolute Gasteiger partial charge is 0.337 e. The molecule has 6 nitrogen and oxygen atoms in total. The summed E-state index contributed by atoms with van der Waals surface area (Å²) in [5.41, 5.74) is 2.04. The first-order valence-corrected chi connectivity index (χ1v) is 8.25. The fourth-order valence-electron chi connectivity index (χ4n) is 3.71. The minimum atomic E-state index is -1.08. The van der Waals surface area contributed by atoms with Crippen LogP contribution in [-0.2, 0) is 6.54 Å². The molecule has 0 aromatic carbocycles. The Bertz CT molecular complexity index is 893. The predicted octanol–water partition coefficient (Wildman–Crippen LogP) is 1.97. The molecular formula is C17H16ClN3O3. The lowest BCUT2D eigenvalue weighted by Crippen LogP contribution is -2.44. The van der Waals surface area contributed by atoms with Crippen LogP contribution in [0.2, 0.25) is 5.02 Å². The number of aromatic carboxylic acids is 1. The van der Waals surface area contributed by atoms with Crippen molar-refractivity contribution in [2.45, 2.75) is 18.9 Å². The molecule has 0 radical (unpaired) electrons. The number of halogens is 1. The second kappa shape index (κ2) is 5.72. The molecule has 1 saturated heterocycles. The number of hydrogen-bond acceptors (Lipinski definition) is 4. The Labute approximate surface area is 143 Å². The second-order valence-corrected chi connectivity index (χ2v) is 6.84. The maximum atomic E-state index is 12.6. The van der Waals surface area contributed by atoms with E-state index in [2.05, 4.69) is 10.3 Å². The molecule has 0 spiro atoms. The molecule has 2 atom stereocenters. The Hall–Kier alpha value is -2.18. The lowest BCUT2D eigenvalue weighted by atomic mass is 9.83. The van der Waals surface area contributed by atoms with Gasteiger partial charge in [-0.15, -0.1) is 0 Å². The molecule has 0 aliphatic carbocycles. The van der Waals surface area contributed by atoms with Gasteiger partial charge in [0.05, 0.1) is 16.3 Å². The van der Waals surface area contributed by atoms with Gasteiger partial charge >= 0.3 is 5.97 Å². The quantitative estimate of drug-likeness (QED) is 0.869. The van der Waals surface area contributed by atoms with Crippen LogP contribution >= 0.6 is 11.6 Å². The molecule has 2 aromatic heterocycles. The van der Waals surface area contributed by atoms with E-state index >= 15 is 0 Å². The molecule has 7 heteroatoms. The highest BCUT2D eigenvalue weighted by Gasteiger charge is 2.31. The number of piperidine rings is 1. The van der Waals surface area contributed by atoms with Crippen molar-refractivity contribution in [1.82, 2.24) is 14.9 Å². The van der Waals surface area contributed by atoms with Gasteiger partial charge in [-0.3, -0.25) is 9.78 Å². The summed E-state index contributed by atoms with van der Waals surface area (Å²) in [6, 6.07) is 4.86. The van der Waals surface area contributed by atoms with Crippen molar-refractivity contribution in [2.75, 3.05) is 13.1 Å². The highest BCUT2D eigenvalue weighted by molar-refractivity contribution is 6.33. The van der Waals surface area contributed by atoms with Crippen LogP contribution in [0, 0.1) is 5.92 Å². The van der Waals surface area contributed by atoms with Gasteiger partial charge in [-0.2, -0.15) is 0 Å². The summed E-state index contributed by atoms with van der Waals surface area (Å²) >= 11 is 6.20. The molecule has 2 N–H and O–H groups in total. The Morgan fingerprint density at radius 1 is 1.33 bits per heavy atom. The van der Waals surface area contributed by atoms with E-state index in [1.807, 2.05) is 10.6 Å². The van der Waals surface area contributed by atoms with Crippen LogP contribution < -0.4 is 10.9 Å². The second-order valence-electron chi connectivity index (χ2n) is 6.43. The van der Waals surface area contributed by atoms with Crippen molar-refractivity contribution < 1.29 is 9.90 Å².